The van der Waals surface area contributed by atoms with Crippen LogP contribution in [0.2, 0.25) is 0 Å². The van der Waals surface area contributed by atoms with Crippen LogP contribution in [0.5, 0.6) is 0 Å². The first-order valence-electron chi connectivity index (χ1n) is 8.05. The summed E-state index contributed by atoms with van der Waals surface area (Å²) in [5.74, 6) is -0.00753. The summed E-state index contributed by atoms with van der Waals surface area (Å²) < 4.78 is 26.4. The highest BCUT2D eigenvalue weighted by Gasteiger charge is 2.20. The molecule has 2 rings (SSSR count). The van der Waals surface area contributed by atoms with Gasteiger partial charge in [0.25, 0.3) is 0 Å². The molecule has 2 heterocycles. The van der Waals surface area contributed by atoms with Crippen molar-refractivity contribution in [3.63, 3.8) is 0 Å². The average molecular weight is 317 g/mol. The Balaban J connectivity index is 1.68. The van der Waals surface area contributed by atoms with E-state index >= 15 is 0 Å². The molecule has 1 unspecified atom stereocenters. The Kier molecular flexibility index (Phi) is 6.44. The smallest absolute Gasteiger partial charge is 0.237 e. The lowest BCUT2D eigenvalue weighted by molar-refractivity contribution is -0.130. The number of rotatable bonds is 6. The zero-order chi connectivity index (χ0) is 15.1. The molecule has 2 fully saturated rings. The second kappa shape index (κ2) is 8.10. The summed E-state index contributed by atoms with van der Waals surface area (Å²) in [6.45, 7) is 2.39. The van der Waals surface area contributed by atoms with E-state index in [0.29, 0.717) is 12.5 Å². The molecule has 21 heavy (non-hydrogen) atoms. The average Bonchev–Trinajstić information content (AvgIpc) is 2.53. The lowest BCUT2D eigenvalue weighted by Crippen LogP contribution is -2.43. The number of nitrogens with zero attached hydrogens (tertiary/aromatic N) is 1. The van der Waals surface area contributed by atoms with E-state index < -0.39 is 10.0 Å². The molecular formula is C14H27N3O3S. The molecule has 0 aromatic rings. The van der Waals surface area contributed by atoms with Crippen LogP contribution >= 0.6 is 0 Å². The first kappa shape index (κ1) is 16.7. The third-order valence-electron chi connectivity index (χ3n) is 4.30. The van der Waals surface area contributed by atoms with Crippen LogP contribution in [0.15, 0.2) is 0 Å². The highest BCUT2D eigenvalue weighted by Crippen LogP contribution is 2.11. The maximum Gasteiger partial charge on any atom is 0.237 e. The van der Waals surface area contributed by atoms with Crippen LogP contribution in [0.3, 0.4) is 0 Å². The molecule has 2 aliphatic rings. The van der Waals surface area contributed by atoms with Gasteiger partial charge in [0.1, 0.15) is 0 Å². The zero-order valence-corrected chi connectivity index (χ0v) is 13.5. The van der Waals surface area contributed by atoms with Crippen molar-refractivity contribution in [1.29, 1.82) is 0 Å². The number of carbonyl (C=O) groups excluding carboxylic acids is 1. The van der Waals surface area contributed by atoms with Gasteiger partial charge in [0, 0.05) is 19.1 Å². The minimum atomic E-state index is -3.35. The molecule has 6 nitrogen and oxygen atoms in total. The molecule has 0 bridgehead atoms. The molecule has 122 valence electrons. The van der Waals surface area contributed by atoms with Crippen LogP contribution in [0.25, 0.3) is 0 Å². The molecular weight excluding hydrogens is 290 g/mol. The lowest BCUT2D eigenvalue weighted by Gasteiger charge is -2.27. The SMILES string of the molecule is O=C(CNS(=O)(=O)CCC1CCCCN1)N1CCCCC1. The predicted octanol–water partition coefficient (Wildman–Crippen LogP) is 0.451. The van der Waals surface area contributed by atoms with Crippen LogP contribution in [-0.4, -0.2) is 57.2 Å². The minimum absolute atomic E-state index is 0.0952. The van der Waals surface area contributed by atoms with Gasteiger partial charge in [-0.2, -0.15) is 0 Å². The fraction of sp³-hybridized carbons (Fsp3) is 0.929. The maximum absolute atomic E-state index is 12.0. The summed E-state index contributed by atoms with van der Waals surface area (Å²) in [6, 6.07) is 0.299. The van der Waals surface area contributed by atoms with Crippen molar-refractivity contribution in [2.45, 2.75) is 51.0 Å². The van der Waals surface area contributed by atoms with Crippen molar-refractivity contribution in [2.75, 3.05) is 31.9 Å². The number of likely N-dealkylation sites (tertiary alicyclic amines) is 1. The van der Waals surface area contributed by atoms with Crippen molar-refractivity contribution in [2.24, 2.45) is 0 Å². The van der Waals surface area contributed by atoms with Crippen molar-refractivity contribution >= 4 is 15.9 Å². The van der Waals surface area contributed by atoms with Gasteiger partial charge in [0.15, 0.2) is 0 Å². The fourth-order valence-electron chi connectivity index (χ4n) is 2.97. The molecule has 0 spiro atoms. The van der Waals surface area contributed by atoms with E-state index in [1.165, 1.54) is 12.8 Å². The van der Waals surface area contributed by atoms with Gasteiger partial charge in [0.2, 0.25) is 15.9 Å². The summed E-state index contributed by atoms with van der Waals surface area (Å²) in [6.07, 6.45) is 7.20. The van der Waals surface area contributed by atoms with Gasteiger partial charge in [-0.1, -0.05) is 6.42 Å². The maximum atomic E-state index is 12.0. The first-order chi connectivity index (χ1) is 10.1. The van der Waals surface area contributed by atoms with Gasteiger partial charge < -0.3 is 10.2 Å². The van der Waals surface area contributed by atoms with Gasteiger partial charge in [-0.3, -0.25) is 4.79 Å². The van der Waals surface area contributed by atoms with Gasteiger partial charge in [0.05, 0.1) is 12.3 Å². The van der Waals surface area contributed by atoms with Crippen molar-refractivity contribution in [1.82, 2.24) is 14.9 Å². The third-order valence-corrected chi connectivity index (χ3v) is 5.66. The predicted molar refractivity (Wildman–Crippen MR) is 82.5 cm³/mol. The van der Waals surface area contributed by atoms with Crippen molar-refractivity contribution in [3.05, 3.63) is 0 Å². The second-order valence-electron chi connectivity index (χ2n) is 6.02. The number of amides is 1. The Hall–Kier alpha value is -0.660. The van der Waals surface area contributed by atoms with Gasteiger partial charge in [-0.05, 0) is 45.1 Å². The third kappa shape index (κ3) is 5.92. The summed E-state index contributed by atoms with van der Waals surface area (Å²) >= 11 is 0. The van der Waals surface area contributed by atoms with Crippen molar-refractivity contribution < 1.29 is 13.2 Å². The Labute approximate surface area is 127 Å². The Morgan fingerprint density at radius 3 is 2.57 bits per heavy atom. The standard InChI is InChI=1S/C14H27N3O3S/c18-14(17-9-4-1-5-10-17)12-16-21(19,20)11-7-13-6-2-3-8-15-13/h13,15-16H,1-12H2. The molecule has 2 N–H and O–H groups in total. The Bertz CT molecular complexity index is 427. The summed E-state index contributed by atoms with van der Waals surface area (Å²) in [7, 11) is -3.35. The number of sulfonamides is 1. The van der Waals surface area contributed by atoms with Crippen LogP contribution in [-0.2, 0) is 14.8 Å². The van der Waals surface area contributed by atoms with E-state index in [0.717, 1.165) is 45.3 Å². The van der Waals surface area contributed by atoms with Crippen LogP contribution in [0.4, 0.5) is 0 Å². The van der Waals surface area contributed by atoms with E-state index in [-0.39, 0.29) is 18.2 Å². The minimum Gasteiger partial charge on any atom is -0.342 e. The van der Waals surface area contributed by atoms with E-state index in [9.17, 15) is 13.2 Å². The quantitative estimate of drug-likeness (QED) is 0.745. The molecule has 1 amide bonds. The summed E-state index contributed by atoms with van der Waals surface area (Å²) in [5.41, 5.74) is 0. The van der Waals surface area contributed by atoms with E-state index in [2.05, 4.69) is 10.0 Å². The molecule has 0 aromatic heterocycles. The topological polar surface area (TPSA) is 78.5 Å². The number of nitrogens with one attached hydrogen (secondary N) is 2. The van der Waals surface area contributed by atoms with Crippen molar-refractivity contribution in [3.8, 4) is 0 Å². The molecule has 1 atom stereocenters. The molecule has 7 heteroatoms. The second-order valence-corrected chi connectivity index (χ2v) is 7.94. The van der Waals surface area contributed by atoms with Crippen LogP contribution < -0.4 is 10.0 Å². The van der Waals surface area contributed by atoms with Gasteiger partial charge >= 0.3 is 0 Å². The molecule has 0 aliphatic carbocycles. The largest absolute Gasteiger partial charge is 0.342 e. The van der Waals surface area contributed by atoms with Gasteiger partial charge in [-0.25, -0.2) is 13.1 Å². The van der Waals surface area contributed by atoms with Crippen LogP contribution in [0.1, 0.15) is 44.9 Å². The van der Waals surface area contributed by atoms with Crippen LogP contribution in [0, 0.1) is 0 Å². The molecule has 2 aliphatic heterocycles. The lowest BCUT2D eigenvalue weighted by atomic mass is 10.0. The Morgan fingerprint density at radius 2 is 1.90 bits per heavy atom. The van der Waals surface area contributed by atoms with E-state index in [4.69, 9.17) is 0 Å². The van der Waals surface area contributed by atoms with E-state index in [1.807, 2.05) is 0 Å². The number of carbonyl (C=O) groups is 1. The summed E-state index contributed by atoms with van der Waals surface area (Å²) in [5, 5.41) is 3.34. The molecule has 2 saturated heterocycles. The fourth-order valence-corrected chi connectivity index (χ4v) is 4.05. The first-order valence-corrected chi connectivity index (χ1v) is 9.70. The normalized spacial score (nSPS) is 24.0. The molecule has 0 saturated carbocycles. The number of hydrogen-bond donors (Lipinski definition) is 2. The zero-order valence-electron chi connectivity index (χ0n) is 12.6. The number of piperidine rings is 2. The summed E-state index contributed by atoms with van der Waals surface area (Å²) in [4.78, 5) is 13.7. The highest BCUT2D eigenvalue weighted by atomic mass is 32.2. The Morgan fingerprint density at radius 1 is 1.14 bits per heavy atom. The molecule has 0 radical (unpaired) electrons. The van der Waals surface area contributed by atoms with Gasteiger partial charge in [-0.15, -0.1) is 0 Å². The highest BCUT2D eigenvalue weighted by molar-refractivity contribution is 7.89. The molecule has 0 aromatic carbocycles. The van der Waals surface area contributed by atoms with E-state index in [1.54, 1.807) is 4.90 Å². The number of hydrogen-bond acceptors (Lipinski definition) is 4. The monoisotopic (exact) mass is 317 g/mol.